The topological polar surface area (TPSA) is 25.4 Å². The molecule has 1 aliphatic rings. The third-order valence-corrected chi connectivity index (χ3v) is 3.30. The van der Waals surface area contributed by atoms with Gasteiger partial charge in [-0.15, -0.1) is 0 Å². The van der Waals surface area contributed by atoms with Crippen LogP contribution in [0.1, 0.15) is 0 Å². The van der Waals surface area contributed by atoms with Crippen molar-refractivity contribution in [3.8, 4) is 0 Å². The molecule has 82 valence electrons. The van der Waals surface area contributed by atoms with E-state index in [-0.39, 0.29) is 11.3 Å². The number of hydrogen-bond acceptors (Lipinski definition) is 3. The molecule has 1 aromatic rings. The van der Waals surface area contributed by atoms with Crippen LogP contribution in [0.25, 0.3) is 0 Å². The molecular formula is C9H9Cl3N2O. The fourth-order valence-electron chi connectivity index (χ4n) is 1.42. The van der Waals surface area contributed by atoms with E-state index in [1.807, 2.05) is 4.90 Å². The quantitative estimate of drug-likeness (QED) is 0.771. The third-order valence-electron chi connectivity index (χ3n) is 2.35. The zero-order valence-electron chi connectivity index (χ0n) is 8.01. The second-order valence-electron chi connectivity index (χ2n) is 3.33. The zero-order valence-corrected chi connectivity index (χ0v) is 10.3. The molecule has 0 amide bonds. The zero-order chi connectivity index (χ0) is 11.0. The van der Waals surface area contributed by atoms with Gasteiger partial charge in [-0.05, 0) is 6.07 Å². The second kappa shape index (κ2) is 4.34. The standard InChI is InChI=1S/C9H9Cl3N2O/c1-15-5-3-14(4-5)9-7(11)2-6(10)8(12)13-9/h2,5H,3-4H2,1H3. The number of halogens is 3. The van der Waals surface area contributed by atoms with Gasteiger partial charge in [0.1, 0.15) is 11.0 Å². The molecule has 0 spiro atoms. The number of aromatic nitrogens is 1. The first-order valence-corrected chi connectivity index (χ1v) is 5.54. The van der Waals surface area contributed by atoms with Crippen LogP contribution in [0.3, 0.4) is 0 Å². The molecule has 15 heavy (non-hydrogen) atoms. The Kier molecular flexibility index (Phi) is 3.26. The van der Waals surface area contributed by atoms with Crippen LogP contribution in [0, 0.1) is 0 Å². The maximum atomic E-state index is 6.01. The highest BCUT2D eigenvalue weighted by Crippen LogP contribution is 2.33. The molecule has 0 atom stereocenters. The lowest BCUT2D eigenvalue weighted by molar-refractivity contribution is 0.0783. The van der Waals surface area contributed by atoms with Gasteiger partial charge in [0.25, 0.3) is 0 Å². The van der Waals surface area contributed by atoms with E-state index in [1.54, 1.807) is 13.2 Å². The molecule has 2 rings (SSSR count). The van der Waals surface area contributed by atoms with Crippen molar-refractivity contribution < 1.29 is 4.74 Å². The summed E-state index contributed by atoms with van der Waals surface area (Å²) in [6, 6.07) is 1.61. The average molecular weight is 268 g/mol. The number of rotatable bonds is 2. The average Bonchev–Trinajstić information content (AvgIpc) is 2.12. The van der Waals surface area contributed by atoms with Gasteiger partial charge < -0.3 is 9.64 Å². The molecule has 1 aromatic heterocycles. The van der Waals surface area contributed by atoms with Crippen LogP contribution >= 0.6 is 34.8 Å². The number of ether oxygens (including phenoxy) is 1. The van der Waals surface area contributed by atoms with Crippen molar-refractivity contribution in [1.82, 2.24) is 4.98 Å². The molecule has 0 saturated carbocycles. The van der Waals surface area contributed by atoms with E-state index in [0.717, 1.165) is 13.1 Å². The number of anilines is 1. The van der Waals surface area contributed by atoms with Crippen molar-refractivity contribution in [1.29, 1.82) is 0 Å². The molecule has 0 aliphatic carbocycles. The van der Waals surface area contributed by atoms with Crippen LogP contribution in [0.2, 0.25) is 15.2 Å². The predicted molar refractivity (Wildman–Crippen MR) is 62.3 cm³/mol. The van der Waals surface area contributed by atoms with Gasteiger partial charge in [0, 0.05) is 20.2 Å². The Morgan fingerprint density at radius 3 is 2.60 bits per heavy atom. The molecule has 1 saturated heterocycles. The van der Waals surface area contributed by atoms with Crippen molar-refractivity contribution in [3.05, 3.63) is 21.3 Å². The maximum absolute atomic E-state index is 6.01. The normalized spacial score (nSPS) is 16.7. The summed E-state index contributed by atoms with van der Waals surface area (Å²) >= 11 is 17.6. The van der Waals surface area contributed by atoms with E-state index in [9.17, 15) is 0 Å². The summed E-state index contributed by atoms with van der Waals surface area (Å²) in [6.07, 6.45) is 0.248. The van der Waals surface area contributed by atoms with E-state index in [1.165, 1.54) is 0 Å². The summed E-state index contributed by atoms with van der Waals surface area (Å²) in [5.74, 6) is 0.666. The number of nitrogens with zero attached hydrogens (tertiary/aromatic N) is 2. The molecule has 0 N–H and O–H groups in total. The highest BCUT2D eigenvalue weighted by Gasteiger charge is 2.29. The molecule has 1 aliphatic heterocycles. The Balaban J connectivity index is 2.19. The lowest BCUT2D eigenvalue weighted by Gasteiger charge is -2.39. The van der Waals surface area contributed by atoms with Crippen molar-refractivity contribution in [2.45, 2.75) is 6.10 Å². The number of pyridine rings is 1. The van der Waals surface area contributed by atoms with Crippen molar-refractivity contribution in [3.63, 3.8) is 0 Å². The fraction of sp³-hybridized carbons (Fsp3) is 0.444. The Hall–Kier alpha value is -0.220. The van der Waals surface area contributed by atoms with Gasteiger partial charge >= 0.3 is 0 Å². The van der Waals surface area contributed by atoms with Gasteiger partial charge in [0.05, 0.1) is 16.1 Å². The van der Waals surface area contributed by atoms with Crippen molar-refractivity contribution in [2.24, 2.45) is 0 Å². The molecular weight excluding hydrogens is 258 g/mol. The molecule has 6 heteroatoms. The molecule has 0 radical (unpaired) electrons. The first-order valence-electron chi connectivity index (χ1n) is 4.41. The van der Waals surface area contributed by atoms with Crippen LogP contribution < -0.4 is 4.90 Å². The van der Waals surface area contributed by atoms with Crippen molar-refractivity contribution >= 4 is 40.6 Å². The molecule has 0 bridgehead atoms. The monoisotopic (exact) mass is 266 g/mol. The highest BCUT2D eigenvalue weighted by molar-refractivity contribution is 6.42. The van der Waals surface area contributed by atoms with Gasteiger partial charge in [-0.2, -0.15) is 0 Å². The fourth-order valence-corrected chi connectivity index (χ4v) is 2.03. The van der Waals surface area contributed by atoms with Crippen LogP contribution in [0.5, 0.6) is 0 Å². The lowest BCUT2D eigenvalue weighted by Crippen LogP contribution is -2.52. The van der Waals surface area contributed by atoms with E-state index in [2.05, 4.69) is 4.98 Å². The summed E-state index contributed by atoms with van der Waals surface area (Å²) in [4.78, 5) is 6.13. The van der Waals surface area contributed by atoms with Crippen LogP contribution in [0.4, 0.5) is 5.82 Å². The molecule has 1 fully saturated rings. The lowest BCUT2D eigenvalue weighted by atomic mass is 10.1. The van der Waals surface area contributed by atoms with Crippen LogP contribution in [-0.2, 0) is 4.74 Å². The first kappa shape index (κ1) is 11.3. The summed E-state index contributed by atoms with van der Waals surface area (Å²) in [6.45, 7) is 1.56. The van der Waals surface area contributed by atoms with Crippen LogP contribution in [-0.4, -0.2) is 31.3 Å². The Morgan fingerprint density at radius 1 is 1.33 bits per heavy atom. The highest BCUT2D eigenvalue weighted by atomic mass is 35.5. The van der Waals surface area contributed by atoms with Gasteiger partial charge in [-0.3, -0.25) is 0 Å². The van der Waals surface area contributed by atoms with Gasteiger partial charge in [-0.1, -0.05) is 34.8 Å². The van der Waals surface area contributed by atoms with Crippen LogP contribution in [0.15, 0.2) is 6.07 Å². The number of methoxy groups -OCH3 is 1. The summed E-state index contributed by atoms with van der Waals surface area (Å²) < 4.78 is 5.16. The minimum absolute atomic E-state index is 0.248. The van der Waals surface area contributed by atoms with Crippen molar-refractivity contribution in [2.75, 3.05) is 25.1 Å². The minimum Gasteiger partial charge on any atom is -0.378 e. The summed E-state index contributed by atoms with van der Waals surface area (Å²) in [5, 5.41) is 1.16. The second-order valence-corrected chi connectivity index (χ2v) is 4.50. The van der Waals surface area contributed by atoms with Gasteiger partial charge in [0.15, 0.2) is 0 Å². The minimum atomic E-state index is 0.248. The Labute approximate surface area is 103 Å². The molecule has 0 unspecified atom stereocenters. The maximum Gasteiger partial charge on any atom is 0.150 e. The van der Waals surface area contributed by atoms with E-state index in [0.29, 0.717) is 15.9 Å². The Morgan fingerprint density at radius 2 is 2.00 bits per heavy atom. The summed E-state index contributed by atoms with van der Waals surface area (Å²) in [7, 11) is 1.69. The van der Waals surface area contributed by atoms with Gasteiger partial charge in [0.2, 0.25) is 0 Å². The third kappa shape index (κ3) is 2.16. The molecule has 2 heterocycles. The molecule has 3 nitrogen and oxygen atoms in total. The first-order chi connectivity index (χ1) is 7.11. The Bertz CT molecular complexity index is 380. The predicted octanol–water partition coefficient (Wildman–Crippen LogP) is 2.88. The van der Waals surface area contributed by atoms with E-state index in [4.69, 9.17) is 39.5 Å². The largest absolute Gasteiger partial charge is 0.378 e. The van der Waals surface area contributed by atoms with E-state index < -0.39 is 0 Å². The molecule has 0 aromatic carbocycles. The SMILES string of the molecule is COC1CN(c2nc(Cl)c(Cl)cc2Cl)C1. The number of hydrogen-bond donors (Lipinski definition) is 0. The summed E-state index contributed by atoms with van der Waals surface area (Å²) in [5.41, 5.74) is 0. The smallest absolute Gasteiger partial charge is 0.150 e. The van der Waals surface area contributed by atoms with E-state index >= 15 is 0 Å². The van der Waals surface area contributed by atoms with Gasteiger partial charge in [-0.25, -0.2) is 4.98 Å².